The molecule has 0 fully saturated rings. The van der Waals surface area contributed by atoms with Crippen LogP contribution in [-0.4, -0.2) is 42.7 Å². The van der Waals surface area contributed by atoms with Crippen LogP contribution in [0.15, 0.2) is 78.9 Å². The van der Waals surface area contributed by atoms with Crippen molar-refractivity contribution in [2.75, 3.05) is 42.7 Å². The molecule has 214 valence electrons. The van der Waals surface area contributed by atoms with E-state index in [1.54, 1.807) is 54.4 Å². The Morgan fingerprint density at radius 1 is 0.561 bits per heavy atom. The fraction of sp³-hybridized carbons (Fsp3) is 0.235. The Bertz CT molecular complexity index is 1430. The van der Waals surface area contributed by atoms with E-state index in [-0.39, 0.29) is 5.25 Å². The van der Waals surface area contributed by atoms with Crippen LogP contribution in [0.3, 0.4) is 0 Å². The van der Waals surface area contributed by atoms with Crippen LogP contribution in [0.1, 0.15) is 33.1 Å². The number of ether oxygens (including phenoxy) is 6. The van der Waals surface area contributed by atoms with Crippen LogP contribution in [0.2, 0.25) is 0 Å². The lowest BCUT2D eigenvalue weighted by Crippen LogP contribution is -2.05. The molecule has 0 N–H and O–H groups in total. The van der Waals surface area contributed by atoms with E-state index in [1.165, 1.54) is 5.56 Å². The zero-order chi connectivity index (χ0) is 29.2. The molecule has 4 aromatic carbocycles. The lowest BCUT2D eigenvalue weighted by atomic mass is 9.96. The summed E-state index contributed by atoms with van der Waals surface area (Å²) in [6.45, 7) is 0. The topological polar surface area (TPSA) is 55.4 Å². The highest BCUT2D eigenvalue weighted by molar-refractivity contribution is 7.99. The van der Waals surface area contributed by atoms with Crippen molar-refractivity contribution in [2.45, 2.75) is 11.0 Å². The Balaban J connectivity index is 1.85. The first kappa shape index (κ1) is 29.7. The van der Waals surface area contributed by atoms with Gasteiger partial charge >= 0.3 is 0 Å². The van der Waals surface area contributed by atoms with Crippen LogP contribution < -0.4 is 28.4 Å². The van der Waals surface area contributed by atoms with Crippen LogP contribution >= 0.6 is 11.8 Å². The molecule has 0 bridgehead atoms. The summed E-state index contributed by atoms with van der Waals surface area (Å²) >= 11 is 1.79. The van der Waals surface area contributed by atoms with Crippen LogP contribution in [0, 0.1) is 0 Å². The summed E-state index contributed by atoms with van der Waals surface area (Å²) in [5.41, 5.74) is 5.25. The van der Waals surface area contributed by atoms with Gasteiger partial charge in [0.1, 0.15) is 34.5 Å². The molecule has 7 heteroatoms. The summed E-state index contributed by atoms with van der Waals surface area (Å²) in [5.74, 6) is 5.28. The summed E-state index contributed by atoms with van der Waals surface area (Å²) in [6, 6.07) is 26.0. The van der Waals surface area contributed by atoms with Gasteiger partial charge < -0.3 is 28.4 Å². The van der Waals surface area contributed by atoms with Crippen molar-refractivity contribution in [3.8, 4) is 34.5 Å². The number of hydrogen-bond donors (Lipinski definition) is 0. The normalized spacial score (nSPS) is 11.7. The van der Waals surface area contributed by atoms with Crippen molar-refractivity contribution in [3.05, 3.63) is 107 Å². The van der Waals surface area contributed by atoms with E-state index in [0.29, 0.717) is 5.75 Å². The minimum atomic E-state index is -0.127. The van der Waals surface area contributed by atoms with Gasteiger partial charge in [-0.3, -0.25) is 0 Å². The predicted octanol–water partition coefficient (Wildman–Crippen LogP) is 7.93. The van der Waals surface area contributed by atoms with E-state index in [9.17, 15) is 0 Å². The molecule has 0 saturated carbocycles. The van der Waals surface area contributed by atoms with Gasteiger partial charge in [-0.15, -0.1) is 11.8 Å². The fourth-order valence-corrected chi connectivity index (χ4v) is 5.76. The molecule has 6 nitrogen and oxygen atoms in total. The van der Waals surface area contributed by atoms with Crippen LogP contribution in [-0.2, 0) is 5.75 Å². The maximum Gasteiger partial charge on any atom is 0.127 e. The van der Waals surface area contributed by atoms with Gasteiger partial charge in [0.25, 0.3) is 0 Å². The Labute approximate surface area is 246 Å². The predicted molar refractivity (Wildman–Crippen MR) is 167 cm³/mol. The van der Waals surface area contributed by atoms with Gasteiger partial charge in [-0.25, -0.2) is 0 Å². The van der Waals surface area contributed by atoms with Crippen molar-refractivity contribution in [3.63, 3.8) is 0 Å². The van der Waals surface area contributed by atoms with Crippen molar-refractivity contribution in [1.82, 2.24) is 0 Å². The zero-order valence-electron chi connectivity index (χ0n) is 24.3. The molecular weight excluding hydrogens is 536 g/mol. The lowest BCUT2D eigenvalue weighted by Gasteiger charge is -2.24. The maximum atomic E-state index is 5.99. The molecule has 41 heavy (non-hydrogen) atoms. The van der Waals surface area contributed by atoms with E-state index in [0.717, 1.165) is 56.8 Å². The average molecular weight is 573 g/mol. The first-order valence-electron chi connectivity index (χ1n) is 13.1. The van der Waals surface area contributed by atoms with E-state index in [4.69, 9.17) is 28.4 Å². The van der Waals surface area contributed by atoms with Gasteiger partial charge in [0.2, 0.25) is 0 Å². The summed E-state index contributed by atoms with van der Waals surface area (Å²) < 4.78 is 33.6. The molecule has 0 aliphatic heterocycles. The molecule has 4 rings (SSSR count). The first-order valence-corrected chi connectivity index (χ1v) is 14.1. The SMILES string of the molecule is COc1ccc(/C=C/c2cc(OC)cc(OC)c2C(SCc2ccc(OC)cc2)c2cc(OC)cc(OC)c2)cc1. The summed E-state index contributed by atoms with van der Waals surface area (Å²) in [7, 11) is 10.0. The van der Waals surface area contributed by atoms with E-state index >= 15 is 0 Å². The molecular formula is C34H36O6S. The first-order chi connectivity index (χ1) is 20.0. The molecule has 0 radical (unpaired) electrons. The second kappa shape index (κ2) is 14.4. The number of methoxy groups -OCH3 is 6. The van der Waals surface area contributed by atoms with Crippen molar-refractivity contribution >= 4 is 23.9 Å². The van der Waals surface area contributed by atoms with Crippen LogP contribution in [0.25, 0.3) is 12.2 Å². The Hall–Kier alpha value is -4.23. The largest absolute Gasteiger partial charge is 0.497 e. The number of benzene rings is 4. The molecule has 4 aromatic rings. The Morgan fingerprint density at radius 2 is 1.10 bits per heavy atom. The Morgan fingerprint density at radius 3 is 1.63 bits per heavy atom. The van der Waals surface area contributed by atoms with Crippen molar-refractivity contribution in [2.24, 2.45) is 0 Å². The van der Waals surface area contributed by atoms with Gasteiger partial charge in [-0.05, 0) is 64.7 Å². The molecule has 0 saturated heterocycles. The molecule has 0 aromatic heterocycles. The standard InChI is InChI=1S/C34H36O6S/c1-35-27-13-8-23(9-14-27)7-12-25-17-31(39-5)21-32(40-6)33(25)34(26-18-29(37-3)20-30(19-26)38-4)41-22-24-10-15-28(36-2)16-11-24/h7-21,34H,22H2,1-6H3/b12-7+. The second-order valence-corrected chi connectivity index (χ2v) is 10.2. The molecule has 0 amide bonds. The van der Waals surface area contributed by atoms with Crippen molar-refractivity contribution < 1.29 is 28.4 Å². The van der Waals surface area contributed by atoms with Crippen LogP contribution in [0.5, 0.6) is 34.5 Å². The summed E-state index contributed by atoms with van der Waals surface area (Å²) in [4.78, 5) is 0. The molecule has 0 aliphatic rings. The van der Waals surface area contributed by atoms with Crippen LogP contribution in [0.4, 0.5) is 0 Å². The summed E-state index contributed by atoms with van der Waals surface area (Å²) in [5, 5.41) is -0.127. The average Bonchev–Trinajstić information content (AvgIpc) is 3.04. The maximum absolute atomic E-state index is 5.99. The molecule has 1 atom stereocenters. The Kier molecular flexibility index (Phi) is 10.5. The molecule has 0 spiro atoms. The molecule has 0 aliphatic carbocycles. The third-order valence-electron chi connectivity index (χ3n) is 6.69. The number of hydrogen-bond acceptors (Lipinski definition) is 7. The van der Waals surface area contributed by atoms with E-state index in [2.05, 4.69) is 36.4 Å². The minimum absolute atomic E-state index is 0.127. The van der Waals surface area contributed by atoms with Gasteiger partial charge in [0, 0.05) is 23.4 Å². The highest BCUT2D eigenvalue weighted by Gasteiger charge is 2.25. The third kappa shape index (κ3) is 7.50. The lowest BCUT2D eigenvalue weighted by molar-refractivity contribution is 0.390. The fourth-order valence-electron chi connectivity index (χ4n) is 4.46. The number of thioether (sulfide) groups is 1. The van der Waals surface area contributed by atoms with E-state index in [1.807, 2.05) is 54.6 Å². The van der Waals surface area contributed by atoms with Crippen molar-refractivity contribution in [1.29, 1.82) is 0 Å². The smallest absolute Gasteiger partial charge is 0.127 e. The number of rotatable bonds is 13. The minimum Gasteiger partial charge on any atom is -0.497 e. The highest BCUT2D eigenvalue weighted by Crippen LogP contribution is 2.47. The monoisotopic (exact) mass is 572 g/mol. The molecule has 0 heterocycles. The zero-order valence-corrected chi connectivity index (χ0v) is 25.1. The van der Waals surface area contributed by atoms with E-state index < -0.39 is 0 Å². The quantitative estimate of drug-likeness (QED) is 0.151. The second-order valence-electron chi connectivity index (χ2n) is 9.12. The van der Waals surface area contributed by atoms with Gasteiger partial charge in [0.05, 0.1) is 47.9 Å². The third-order valence-corrected chi connectivity index (χ3v) is 8.03. The molecule has 1 unspecified atom stereocenters. The summed E-state index contributed by atoms with van der Waals surface area (Å²) in [6.07, 6.45) is 4.18. The van der Waals surface area contributed by atoms with Gasteiger partial charge in [-0.2, -0.15) is 0 Å². The highest BCUT2D eigenvalue weighted by atomic mass is 32.2. The van der Waals surface area contributed by atoms with Gasteiger partial charge in [0.15, 0.2) is 0 Å². The van der Waals surface area contributed by atoms with Gasteiger partial charge in [-0.1, -0.05) is 36.4 Å².